The number of carbonyl (C=O) groups excluding carboxylic acids is 1. The second kappa shape index (κ2) is 10.1. The number of amides is 2. The van der Waals surface area contributed by atoms with Crippen molar-refractivity contribution in [3.63, 3.8) is 0 Å². The molecule has 1 atom stereocenters. The van der Waals surface area contributed by atoms with E-state index < -0.39 is 0 Å². The summed E-state index contributed by atoms with van der Waals surface area (Å²) in [7, 11) is 0. The van der Waals surface area contributed by atoms with Gasteiger partial charge in [-0.1, -0.05) is 36.2 Å². The third-order valence-electron chi connectivity index (χ3n) is 4.75. The minimum atomic E-state index is -0.0866. The Bertz CT molecular complexity index is 790. The van der Waals surface area contributed by atoms with E-state index >= 15 is 0 Å². The van der Waals surface area contributed by atoms with Gasteiger partial charge in [0.2, 0.25) is 0 Å². The summed E-state index contributed by atoms with van der Waals surface area (Å²) in [5, 5.41) is 4.18. The largest absolute Gasteiger partial charge is 0.376 e. The van der Waals surface area contributed by atoms with Crippen molar-refractivity contribution < 1.29 is 9.53 Å². The van der Waals surface area contributed by atoms with Crippen LogP contribution in [0.2, 0.25) is 10.0 Å². The molecule has 152 valence electrons. The lowest BCUT2D eigenvalue weighted by molar-refractivity contribution is 0.0786. The lowest BCUT2D eigenvalue weighted by Gasteiger charge is -2.26. The lowest BCUT2D eigenvalue weighted by atomic mass is 10.2. The maximum Gasteiger partial charge on any atom is 0.317 e. The van der Waals surface area contributed by atoms with Gasteiger partial charge in [0.15, 0.2) is 0 Å². The van der Waals surface area contributed by atoms with Gasteiger partial charge in [0, 0.05) is 42.1 Å². The zero-order valence-corrected chi connectivity index (χ0v) is 17.5. The minimum absolute atomic E-state index is 0.0847. The van der Waals surface area contributed by atoms with Crippen LogP contribution in [0.4, 0.5) is 4.79 Å². The van der Waals surface area contributed by atoms with Gasteiger partial charge in [0.25, 0.3) is 0 Å². The number of ether oxygens (including phenoxy) is 1. The second-order valence-electron chi connectivity index (χ2n) is 6.95. The molecule has 1 aromatic carbocycles. The molecule has 1 saturated heterocycles. The van der Waals surface area contributed by atoms with Crippen molar-refractivity contribution in [1.82, 2.24) is 19.8 Å². The summed E-state index contributed by atoms with van der Waals surface area (Å²) in [6, 6.07) is 5.38. The van der Waals surface area contributed by atoms with Gasteiger partial charge in [0.1, 0.15) is 5.82 Å². The number of nitrogens with zero attached hydrogens (tertiary/aromatic N) is 3. The van der Waals surface area contributed by atoms with E-state index in [0.29, 0.717) is 36.2 Å². The molecule has 1 fully saturated rings. The molecule has 3 rings (SSSR count). The Labute approximate surface area is 175 Å². The molecule has 1 unspecified atom stereocenters. The number of aromatic nitrogens is 2. The van der Waals surface area contributed by atoms with Gasteiger partial charge in [-0.25, -0.2) is 9.78 Å². The van der Waals surface area contributed by atoms with Crippen LogP contribution < -0.4 is 5.32 Å². The topological polar surface area (TPSA) is 59.4 Å². The Kier molecular flexibility index (Phi) is 7.59. The zero-order valence-electron chi connectivity index (χ0n) is 16.0. The number of halogens is 2. The van der Waals surface area contributed by atoms with E-state index in [4.69, 9.17) is 27.9 Å². The molecule has 0 spiro atoms. The summed E-state index contributed by atoms with van der Waals surface area (Å²) in [5.74, 6) is 0.802. The monoisotopic (exact) mass is 424 g/mol. The van der Waals surface area contributed by atoms with Gasteiger partial charge in [-0.3, -0.25) is 0 Å². The fourth-order valence-corrected chi connectivity index (χ4v) is 3.71. The Morgan fingerprint density at radius 2 is 2.29 bits per heavy atom. The molecule has 1 aliphatic heterocycles. The van der Waals surface area contributed by atoms with Crippen LogP contribution in [0.5, 0.6) is 0 Å². The summed E-state index contributed by atoms with van der Waals surface area (Å²) in [6.07, 6.45) is 6.64. The van der Waals surface area contributed by atoms with Crippen LogP contribution in [0.1, 0.15) is 37.6 Å². The first kappa shape index (κ1) is 21.0. The molecular formula is C20H26Cl2N4O2. The van der Waals surface area contributed by atoms with Crippen molar-refractivity contribution in [2.45, 2.75) is 45.4 Å². The first-order valence-corrected chi connectivity index (χ1v) is 10.4. The fraction of sp³-hybridized carbons (Fsp3) is 0.500. The summed E-state index contributed by atoms with van der Waals surface area (Å²) in [6.45, 7) is 4.98. The molecule has 1 N–H and O–H groups in total. The van der Waals surface area contributed by atoms with Crippen molar-refractivity contribution in [2.24, 2.45) is 0 Å². The smallest absolute Gasteiger partial charge is 0.317 e. The average Bonchev–Trinajstić information content (AvgIpc) is 3.34. The third kappa shape index (κ3) is 5.63. The molecule has 8 heteroatoms. The van der Waals surface area contributed by atoms with Crippen LogP contribution in [0.3, 0.4) is 0 Å². The van der Waals surface area contributed by atoms with Gasteiger partial charge in [-0.05, 0) is 37.0 Å². The van der Waals surface area contributed by atoms with E-state index in [1.165, 1.54) is 0 Å². The zero-order chi connectivity index (χ0) is 19.9. The van der Waals surface area contributed by atoms with Crippen molar-refractivity contribution in [2.75, 3.05) is 19.7 Å². The van der Waals surface area contributed by atoms with Crippen LogP contribution in [0.25, 0.3) is 0 Å². The molecule has 1 aromatic heterocycles. The Hall–Kier alpha value is -1.76. The molecule has 0 aliphatic carbocycles. The molecular weight excluding hydrogens is 399 g/mol. The SMILES string of the molecule is CCCNC(=O)N(Cc1nccn1Cc1ccc(Cl)cc1Cl)CC1CCCO1. The van der Waals surface area contributed by atoms with Crippen LogP contribution in [-0.2, 0) is 17.8 Å². The van der Waals surface area contributed by atoms with Gasteiger partial charge in [0.05, 0.1) is 19.2 Å². The molecule has 0 bridgehead atoms. The van der Waals surface area contributed by atoms with Crippen LogP contribution in [0, 0.1) is 0 Å². The standard InChI is InChI=1S/C20H26Cl2N4O2/c1-2-7-24-20(27)26(13-17-4-3-10-28-17)14-19-23-8-9-25(19)12-15-5-6-16(21)11-18(15)22/h5-6,8-9,11,17H,2-4,7,10,12-14H2,1H3,(H,24,27). The molecule has 1 aliphatic rings. The number of benzene rings is 1. The van der Waals surface area contributed by atoms with E-state index in [-0.39, 0.29) is 12.1 Å². The quantitative estimate of drug-likeness (QED) is 0.685. The maximum absolute atomic E-state index is 12.7. The number of hydrogen-bond donors (Lipinski definition) is 1. The molecule has 2 amide bonds. The number of hydrogen-bond acceptors (Lipinski definition) is 3. The molecule has 6 nitrogen and oxygen atoms in total. The van der Waals surface area contributed by atoms with Gasteiger partial charge < -0.3 is 19.5 Å². The van der Waals surface area contributed by atoms with E-state index in [1.54, 1.807) is 17.2 Å². The first-order valence-electron chi connectivity index (χ1n) is 9.65. The second-order valence-corrected chi connectivity index (χ2v) is 7.80. The summed E-state index contributed by atoms with van der Waals surface area (Å²) in [5.41, 5.74) is 0.950. The summed E-state index contributed by atoms with van der Waals surface area (Å²) in [4.78, 5) is 18.9. The van der Waals surface area contributed by atoms with Gasteiger partial charge >= 0.3 is 6.03 Å². The number of imidazole rings is 1. The number of nitrogens with one attached hydrogen (secondary N) is 1. The Morgan fingerprint density at radius 1 is 1.43 bits per heavy atom. The van der Waals surface area contributed by atoms with Crippen LogP contribution in [-0.4, -0.2) is 46.3 Å². The minimum Gasteiger partial charge on any atom is -0.376 e. The highest BCUT2D eigenvalue weighted by molar-refractivity contribution is 6.35. The highest BCUT2D eigenvalue weighted by atomic mass is 35.5. The van der Waals surface area contributed by atoms with E-state index in [1.807, 2.05) is 29.8 Å². The number of rotatable bonds is 8. The average molecular weight is 425 g/mol. The van der Waals surface area contributed by atoms with Crippen molar-refractivity contribution in [1.29, 1.82) is 0 Å². The predicted molar refractivity (Wildman–Crippen MR) is 111 cm³/mol. The van der Waals surface area contributed by atoms with Crippen molar-refractivity contribution >= 4 is 29.2 Å². The molecule has 0 saturated carbocycles. The normalized spacial score (nSPS) is 16.3. The first-order chi connectivity index (χ1) is 13.6. The number of urea groups is 1. The van der Waals surface area contributed by atoms with Crippen LogP contribution in [0.15, 0.2) is 30.6 Å². The van der Waals surface area contributed by atoms with Crippen molar-refractivity contribution in [3.05, 3.63) is 52.0 Å². The Morgan fingerprint density at radius 3 is 3.00 bits per heavy atom. The summed E-state index contributed by atoms with van der Waals surface area (Å²) >= 11 is 12.3. The van der Waals surface area contributed by atoms with Crippen LogP contribution >= 0.6 is 23.2 Å². The molecule has 0 radical (unpaired) electrons. The highest BCUT2D eigenvalue weighted by Gasteiger charge is 2.24. The third-order valence-corrected chi connectivity index (χ3v) is 5.34. The molecule has 2 heterocycles. The van der Waals surface area contributed by atoms with E-state index in [9.17, 15) is 4.79 Å². The Balaban J connectivity index is 1.73. The molecule has 28 heavy (non-hydrogen) atoms. The predicted octanol–water partition coefficient (Wildman–Crippen LogP) is 4.34. The molecule has 2 aromatic rings. The van der Waals surface area contributed by atoms with E-state index in [2.05, 4.69) is 10.3 Å². The van der Waals surface area contributed by atoms with E-state index in [0.717, 1.165) is 37.3 Å². The summed E-state index contributed by atoms with van der Waals surface area (Å²) < 4.78 is 7.74. The van der Waals surface area contributed by atoms with Crippen molar-refractivity contribution in [3.8, 4) is 0 Å². The van der Waals surface area contributed by atoms with Gasteiger partial charge in [-0.15, -0.1) is 0 Å². The van der Waals surface area contributed by atoms with Gasteiger partial charge in [-0.2, -0.15) is 0 Å². The number of carbonyl (C=O) groups is 1. The maximum atomic E-state index is 12.7. The lowest BCUT2D eigenvalue weighted by Crippen LogP contribution is -2.44. The fourth-order valence-electron chi connectivity index (χ4n) is 3.24. The highest BCUT2D eigenvalue weighted by Crippen LogP contribution is 2.22.